The highest BCUT2D eigenvalue weighted by Gasteiger charge is 2.17. The third kappa shape index (κ3) is 2.61. The zero-order chi connectivity index (χ0) is 12.4. The highest BCUT2D eigenvalue weighted by Crippen LogP contribution is 2.26. The van der Waals surface area contributed by atoms with E-state index in [4.69, 9.17) is 11.6 Å². The largest absolute Gasteiger partial charge is 0.478 e. The maximum atomic E-state index is 11.2. The molecular weight excluding hydrogens is 238 g/mol. The molecule has 3 nitrogen and oxygen atoms in total. The zero-order valence-electron chi connectivity index (χ0n) is 9.61. The number of anilines is 1. The van der Waals surface area contributed by atoms with Gasteiger partial charge in [-0.05, 0) is 31.5 Å². The summed E-state index contributed by atoms with van der Waals surface area (Å²) in [5, 5.41) is 9.63. The summed E-state index contributed by atoms with van der Waals surface area (Å²) in [6, 6.07) is 5.01. The first-order valence-corrected chi connectivity index (χ1v) is 5.89. The number of carboxylic acid groups (broad SMARTS) is 1. The molecule has 90 valence electrons. The van der Waals surface area contributed by atoms with Gasteiger partial charge in [-0.25, -0.2) is 4.79 Å². The van der Waals surface area contributed by atoms with Crippen molar-refractivity contribution in [3.05, 3.63) is 40.4 Å². The van der Waals surface area contributed by atoms with E-state index in [0.29, 0.717) is 5.02 Å². The summed E-state index contributed by atoms with van der Waals surface area (Å²) in [4.78, 5) is 13.2. The lowest BCUT2D eigenvalue weighted by molar-refractivity contribution is 0.0697. The number of benzene rings is 1. The van der Waals surface area contributed by atoms with Crippen molar-refractivity contribution >= 4 is 23.3 Å². The van der Waals surface area contributed by atoms with Crippen LogP contribution < -0.4 is 4.90 Å². The number of carbonyl (C=O) groups is 1. The maximum absolute atomic E-state index is 11.2. The van der Waals surface area contributed by atoms with Crippen LogP contribution in [0.3, 0.4) is 0 Å². The molecule has 2 rings (SSSR count). The molecule has 0 unspecified atom stereocenters. The molecule has 0 aromatic heterocycles. The summed E-state index contributed by atoms with van der Waals surface area (Å²) in [5.74, 6) is -0.936. The van der Waals surface area contributed by atoms with Gasteiger partial charge in [-0.3, -0.25) is 0 Å². The van der Waals surface area contributed by atoms with Crippen LogP contribution in [-0.4, -0.2) is 24.2 Å². The van der Waals surface area contributed by atoms with Gasteiger partial charge in [0.15, 0.2) is 0 Å². The molecular formula is C13H14ClNO2. The predicted octanol–water partition coefficient (Wildman–Crippen LogP) is 3.19. The fourth-order valence-corrected chi connectivity index (χ4v) is 2.12. The molecule has 17 heavy (non-hydrogen) atoms. The monoisotopic (exact) mass is 251 g/mol. The first-order valence-electron chi connectivity index (χ1n) is 5.51. The van der Waals surface area contributed by atoms with Gasteiger partial charge in [0, 0.05) is 18.1 Å². The molecule has 1 aliphatic rings. The second-order valence-electron chi connectivity index (χ2n) is 4.21. The van der Waals surface area contributed by atoms with E-state index < -0.39 is 5.97 Å². The van der Waals surface area contributed by atoms with Gasteiger partial charge < -0.3 is 10.0 Å². The van der Waals surface area contributed by atoms with Crippen LogP contribution in [-0.2, 0) is 0 Å². The van der Waals surface area contributed by atoms with Gasteiger partial charge >= 0.3 is 5.97 Å². The third-order valence-corrected chi connectivity index (χ3v) is 3.20. The van der Waals surface area contributed by atoms with Crippen molar-refractivity contribution in [2.75, 3.05) is 18.0 Å². The molecule has 1 heterocycles. The Morgan fingerprint density at radius 1 is 1.47 bits per heavy atom. The Morgan fingerprint density at radius 2 is 2.24 bits per heavy atom. The normalized spacial score (nSPS) is 15.6. The van der Waals surface area contributed by atoms with Crippen LogP contribution in [0.25, 0.3) is 0 Å². The van der Waals surface area contributed by atoms with E-state index in [2.05, 4.69) is 17.9 Å². The number of nitrogens with zero attached hydrogens (tertiary/aromatic N) is 1. The van der Waals surface area contributed by atoms with E-state index in [1.54, 1.807) is 12.1 Å². The fraction of sp³-hybridized carbons (Fsp3) is 0.308. The van der Waals surface area contributed by atoms with E-state index in [9.17, 15) is 9.90 Å². The van der Waals surface area contributed by atoms with Gasteiger partial charge in [-0.2, -0.15) is 0 Å². The number of hydrogen-bond acceptors (Lipinski definition) is 2. The molecule has 0 bridgehead atoms. The van der Waals surface area contributed by atoms with E-state index in [1.165, 1.54) is 11.6 Å². The average Bonchev–Trinajstić information content (AvgIpc) is 2.30. The van der Waals surface area contributed by atoms with Crippen molar-refractivity contribution in [1.29, 1.82) is 0 Å². The lowest BCUT2D eigenvalue weighted by Gasteiger charge is -2.28. The highest BCUT2D eigenvalue weighted by atomic mass is 35.5. The van der Waals surface area contributed by atoms with Gasteiger partial charge in [-0.1, -0.05) is 23.3 Å². The Labute approximate surface area is 105 Å². The van der Waals surface area contributed by atoms with Crippen LogP contribution in [0.15, 0.2) is 29.8 Å². The number of rotatable bonds is 2. The smallest absolute Gasteiger partial charge is 0.337 e. The Bertz CT molecular complexity index is 482. The van der Waals surface area contributed by atoms with Crippen molar-refractivity contribution in [2.45, 2.75) is 13.3 Å². The van der Waals surface area contributed by atoms with Gasteiger partial charge in [0.2, 0.25) is 0 Å². The fourth-order valence-electron chi connectivity index (χ4n) is 1.94. The van der Waals surface area contributed by atoms with Crippen LogP contribution in [0, 0.1) is 0 Å². The maximum Gasteiger partial charge on any atom is 0.337 e. The molecule has 0 aliphatic carbocycles. The van der Waals surface area contributed by atoms with Crippen molar-refractivity contribution in [3.63, 3.8) is 0 Å². The third-order valence-electron chi connectivity index (χ3n) is 2.97. The molecule has 0 spiro atoms. The Morgan fingerprint density at radius 3 is 2.82 bits per heavy atom. The predicted molar refractivity (Wildman–Crippen MR) is 69.0 cm³/mol. The Hall–Kier alpha value is -1.48. The average molecular weight is 252 g/mol. The summed E-state index contributed by atoms with van der Waals surface area (Å²) in [5.41, 5.74) is 2.36. The van der Waals surface area contributed by atoms with Crippen LogP contribution in [0.1, 0.15) is 23.7 Å². The van der Waals surface area contributed by atoms with E-state index in [-0.39, 0.29) is 5.56 Å². The van der Waals surface area contributed by atoms with E-state index >= 15 is 0 Å². The van der Waals surface area contributed by atoms with Gasteiger partial charge in [-0.15, -0.1) is 0 Å². The number of aromatic carboxylic acids is 1. The lowest BCUT2D eigenvalue weighted by Crippen LogP contribution is -2.29. The minimum Gasteiger partial charge on any atom is -0.478 e. The first kappa shape index (κ1) is 12.0. The van der Waals surface area contributed by atoms with E-state index in [0.717, 1.165) is 25.2 Å². The van der Waals surface area contributed by atoms with Crippen LogP contribution in [0.5, 0.6) is 0 Å². The lowest BCUT2D eigenvalue weighted by atomic mass is 10.1. The second kappa shape index (κ2) is 4.80. The molecule has 1 aliphatic heterocycles. The van der Waals surface area contributed by atoms with Crippen LogP contribution >= 0.6 is 11.6 Å². The Balaban J connectivity index is 2.35. The minimum absolute atomic E-state index is 0.269. The molecule has 0 amide bonds. The molecule has 0 saturated carbocycles. The summed E-state index contributed by atoms with van der Waals surface area (Å²) in [6.45, 7) is 3.70. The minimum atomic E-state index is -0.936. The van der Waals surface area contributed by atoms with Gasteiger partial charge in [0.1, 0.15) is 0 Å². The van der Waals surface area contributed by atoms with E-state index in [1.807, 2.05) is 0 Å². The van der Waals surface area contributed by atoms with Crippen molar-refractivity contribution < 1.29 is 9.90 Å². The highest BCUT2D eigenvalue weighted by molar-refractivity contribution is 6.31. The summed E-state index contributed by atoms with van der Waals surface area (Å²) >= 11 is 5.83. The van der Waals surface area contributed by atoms with Gasteiger partial charge in [0.25, 0.3) is 0 Å². The quantitative estimate of drug-likeness (QED) is 0.821. The SMILES string of the molecule is CC1=CCN(c2ccc(Cl)cc2C(=O)O)CC1. The van der Waals surface area contributed by atoms with Crippen LogP contribution in [0.4, 0.5) is 5.69 Å². The molecule has 0 saturated heterocycles. The molecule has 0 fully saturated rings. The van der Waals surface area contributed by atoms with Gasteiger partial charge in [0.05, 0.1) is 11.3 Å². The molecule has 1 aromatic carbocycles. The zero-order valence-corrected chi connectivity index (χ0v) is 10.4. The summed E-state index contributed by atoms with van der Waals surface area (Å²) in [6.07, 6.45) is 3.10. The summed E-state index contributed by atoms with van der Waals surface area (Å²) < 4.78 is 0. The molecule has 0 radical (unpaired) electrons. The molecule has 4 heteroatoms. The Kier molecular flexibility index (Phi) is 3.38. The van der Waals surface area contributed by atoms with Crippen molar-refractivity contribution in [3.8, 4) is 0 Å². The second-order valence-corrected chi connectivity index (χ2v) is 4.65. The molecule has 1 N–H and O–H groups in total. The van der Waals surface area contributed by atoms with Crippen molar-refractivity contribution in [1.82, 2.24) is 0 Å². The topological polar surface area (TPSA) is 40.5 Å². The standard InChI is InChI=1S/C13H14ClNO2/c1-9-4-6-15(7-5-9)12-3-2-10(14)8-11(12)13(16)17/h2-4,8H,5-7H2,1H3,(H,16,17). The molecule has 0 atom stereocenters. The number of hydrogen-bond donors (Lipinski definition) is 1. The number of halogens is 1. The molecule has 1 aromatic rings. The first-order chi connectivity index (χ1) is 8.08. The summed E-state index contributed by atoms with van der Waals surface area (Å²) in [7, 11) is 0. The number of carboxylic acids is 1. The van der Waals surface area contributed by atoms with Crippen molar-refractivity contribution in [2.24, 2.45) is 0 Å². The van der Waals surface area contributed by atoms with Crippen LogP contribution in [0.2, 0.25) is 5.02 Å².